The minimum Gasteiger partial charge on any atom is -0.342 e. The average molecular weight is 320 g/mol. The van der Waals surface area contributed by atoms with Crippen LogP contribution in [0.1, 0.15) is 41.8 Å². The molecular weight excluding hydrogens is 296 g/mol. The van der Waals surface area contributed by atoms with Gasteiger partial charge in [-0.05, 0) is 44.3 Å². The number of rotatable bonds is 4. The molecule has 2 aliphatic heterocycles. The van der Waals surface area contributed by atoms with Gasteiger partial charge in [0.1, 0.15) is 0 Å². The first-order valence-electron chi connectivity index (χ1n) is 8.11. The van der Waals surface area contributed by atoms with Crippen molar-refractivity contribution in [2.45, 2.75) is 32.1 Å². The molecule has 1 amide bonds. The number of carbonyl (C=O) groups excluding carboxylic acids is 2. The molecule has 0 aliphatic carbocycles. The molecule has 4 nitrogen and oxygen atoms in total. The maximum Gasteiger partial charge on any atom is 0.223 e. The lowest BCUT2D eigenvalue weighted by Crippen LogP contribution is -2.47. The van der Waals surface area contributed by atoms with Gasteiger partial charge >= 0.3 is 0 Å². The summed E-state index contributed by atoms with van der Waals surface area (Å²) in [7, 11) is 2.16. The van der Waals surface area contributed by atoms with Crippen molar-refractivity contribution in [3.63, 3.8) is 0 Å². The molecule has 5 heteroatoms. The smallest absolute Gasteiger partial charge is 0.223 e. The molecule has 0 aromatic carbocycles. The van der Waals surface area contributed by atoms with Gasteiger partial charge in [-0.1, -0.05) is 6.07 Å². The Kier molecular flexibility index (Phi) is 4.64. The molecular formula is C17H24N2O2S. The normalized spacial score (nSPS) is 25.8. The van der Waals surface area contributed by atoms with Crippen LogP contribution >= 0.6 is 11.3 Å². The van der Waals surface area contributed by atoms with Crippen molar-refractivity contribution in [3.05, 3.63) is 22.4 Å². The van der Waals surface area contributed by atoms with E-state index in [2.05, 4.69) is 11.9 Å². The zero-order chi connectivity index (χ0) is 15.6. The summed E-state index contributed by atoms with van der Waals surface area (Å²) in [5.74, 6) is 0.245. The Morgan fingerprint density at radius 2 is 2.09 bits per heavy atom. The molecule has 1 aromatic heterocycles. The zero-order valence-corrected chi connectivity index (χ0v) is 14.0. The first-order valence-corrected chi connectivity index (χ1v) is 8.99. The van der Waals surface area contributed by atoms with Gasteiger partial charge in [-0.15, -0.1) is 11.3 Å². The Morgan fingerprint density at radius 3 is 2.77 bits per heavy atom. The van der Waals surface area contributed by atoms with Gasteiger partial charge in [0.05, 0.1) is 4.88 Å². The fourth-order valence-electron chi connectivity index (χ4n) is 3.85. The number of piperidine rings is 1. The molecule has 1 aromatic rings. The summed E-state index contributed by atoms with van der Waals surface area (Å²) in [5.41, 5.74) is 0.306. The summed E-state index contributed by atoms with van der Waals surface area (Å²) in [6.07, 6.45) is 4.21. The fourth-order valence-corrected chi connectivity index (χ4v) is 4.55. The molecule has 0 saturated carbocycles. The average Bonchev–Trinajstić information content (AvgIpc) is 3.15. The molecule has 1 unspecified atom stereocenters. The summed E-state index contributed by atoms with van der Waals surface area (Å²) in [4.78, 5) is 29.6. The first-order chi connectivity index (χ1) is 10.6. The van der Waals surface area contributed by atoms with Crippen molar-refractivity contribution >= 4 is 23.0 Å². The predicted molar refractivity (Wildman–Crippen MR) is 88.2 cm³/mol. The zero-order valence-electron chi connectivity index (χ0n) is 13.2. The number of Topliss-reactive ketones (excluding diaryl/α,β-unsaturated/α-hetero) is 1. The Bertz CT molecular complexity index is 539. The molecule has 0 N–H and O–H groups in total. The Balaban J connectivity index is 1.53. The van der Waals surface area contributed by atoms with E-state index < -0.39 is 0 Å². The Labute approximate surface area is 136 Å². The van der Waals surface area contributed by atoms with E-state index in [9.17, 15) is 9.59 Å². The van der Waals surface area contributed by atoms with Gasteiger partial charge in [0.2, 0.25) is 5.91 Å². The van der Waals surface area contributed by atoms with Crippen LogP contribution < -0.4 is 0 Å². The summed E-state index contributed by atoms with van der Waals surface area (Å²) in [6, 6.07) is 3.71. The van der Waals surface area contributed by atoms with Crippen molar-refractivity contribution in [2.75, 3.05) is 33.2 Å². The van der Waals surface area contributed by atoms with E-state index in [-0.39, 0.29) is 11.7 Å². The number of hydrogen-bond donors (Lipinski definition) is 0. The molecule has 0 bridgehead atoms. The second-order valence-electron chi connectivity index (χ2n) is 6.81. The van der Waals surface area contributed by atoms with Gasteiger partial charge in [0.15, 0.2) is 5.78 Å². The van der Waals surface area contributed by atoms with Crippen molar-refractivity contribution in [2.24, 2.45) is 5.41 Å². The van der Waals surface area contributed by atoms with Crippen LogP contribution in [0.4, 0.5) is 0 Å². The topological polar surface area (TPSA) is 40.6 Å². The number of hydrogen-bond acceptors (Lipinski definition) is 4. The van der Waals surface area contributed by atoms with E-state index >= 15 is 0 Å². The fraction of sp³-hybridized carbons (Fsp3) is 0.647. The minimum absolute atomic E-state index is 0.0932. The molecule has 120 valence electrons. The van der Waals surface area contributed by atoms with Crippen molar-refractivity contribution in [3.8, 4) is 0 Å². The number of carbonyl (C=O) groups is 2. The van der Waals surface area contributed by atoms with Crippen molar-refractivity contribution in [1.29, 1.82) is 0 Å². The summed E-state index contributed by atoms with van der Waals surface area (Å²) >= 11 is 1.45. The van der Waals surface area contributed by atoms with Gasteiger partial charge in [-0.2, -0.15) is 0 Å². The molecule has 2 aliphatic rings. The van der Waals surface area contributed by atoms with Crippen molar-refractivity contribution in [1.82, 2.24) is 9.80 Å². The van der Waals surface area contributed by atoms with Crippen LogP contribution in [0.2, 0.25) is 0 Å². The third-order valence-electron chi connectivity index (χ3n) is 5.01. The standard InChI is InChI=1S/C17H24N2O2S/c1-18-10-8-17(12-18)7-3-9-19(13-17)16(21)6-5-14(20)15-4-2-11-22-15/h2,4,11H,3,5-10,12-13H2,1H3. The van der Waals surface area contributed by atoms with E-state index in [0.29, 0.717) is 18.3 Å². The first kappa shape index (κ1) is 15.7. The minimum atomic E-state index is 0.0932. The summed E-state index contributed by atoms with van der Waals surface area (Å²) in [6.45, 7) is 3.98. The highest BCUT2D eigenvalue weighted by molar-refractivity contribution is 7.12. The van der Waals surface area contributed by atoms with E-state index in [0.717, 1.165) is 37.5 Å². The SMILES string of the molecule is CN1CCC2(CCCN(C(=O)CCC(=O)c3cccs3)C2)C1. The molecule has 2 fully saturated rings. The van der Waals surface area contributed by atoms with Crippen LogP contribution in [-0.4, -0.2) is 54.7 Å². The summed E-state index contributed by atoms with van der Waals surface area (Å²) in [5, 5.41) is 1.90. The molecule has 22 heavy (non-hydrogen) atoms. The van der Waals surface area contributed by atoms with Gasteiger partial charge in [-0.25, -0.2) is 0 Å². The molecule has 0 radical (unpaired) electrons. The highest BCUT2D eigenvalue weighted by atomic mass is 32.1. The number of thiophene rings is 1. The quantitative estimate of drug-likeness (QED) is 0.801. The molecule has 1 atom stereocenters. The predicted octanol–water partition coefficient (Wildman–Crippen LogP) is 2.66. The molecule has 1 spiro atoms. The third-order valence-corrected chi connectivity index (χ3v) is 5.92. The largest absolute Gasteiger partial charge is 0.342 e. The molecule has 3 heterocycles. The lowest BCUT2D eigenvalue weighted by molar-refractivity contribution is -0.134. The van der Waals surface area contributed by atoms with E-state index in [4.69, 9.17) is 0 Å². The van der Waals surface area contributed by atoms with Crippen LogP contribution in [0.5, 0.6) is 0 Å². The number of nitrogens with zero attached hydrogens (tertiary/aromatic N) is 2. The maximum absolute atomic E-state index is 12.5. The third kappa shape index (κ3) is 3.41. The Morgan fingerprint density at radius 1 is 1.23 bits per heavy atom. The van der Waals surface area contributed by atoms with Crippen LogP contribution in [0.25, 0.3) is 0 Å². The van der Waals surface area contributed by atoms with E-state index in [1.54, 1.807) is 0 Å². The monoisotopic (exact) mass is 320 g/mol. The second kappa shape index (κ2) is 6.50. The highest BCUT2D eigenvalue weighted by Gasteiger charge is 2.41. The highest BCUT2D eigenvalue weighted by Crippen LogP contribution is 2.38. The van der Waals surface area contributed by atoms with Gasteiger partial charge in [0.25, 0.3) is 0 Å². The maximum atomic E-state index is 12.5. The van der Waals surface area contributed by atoms with Crippen LogP contribution in [-0.2, 0) is 4.79 Å². The number of amides is 1. The lowest BCUT2D eigenvalue weighted by Gasteiger charge is -2.40. The van der Waals surface area contributed by atoms with E-state index in [1.807, 2.05) is 22.4 Å². The number of likely N-dealkylation sites (tertiary alicyclic amines) is 2. The number of ketones is 1. The van der Waals surface area contributed by atoms with Gasteiger partial charge in [0, 0.05) is 37.9 Å². The van der Waals surface area contributed by atoms with Gasteiger partial charge < -0.3 is 9.80 Å². The summed E-state index contributed by atoms with van der Waals surface area (Å²) < 4.78 is 0. The Hall–Kier alpha value is -1.20. The van der Waals surface area contributed by atoms with Crippen LogP contribution in [0, 0.1) is 5.41 Å². The second-order valence-corrected chi connectivity index (χ2v) is 7.75. The lowest BCUT2D eigenvalue weighted by atomic mass is 9.79. The van der Waals surface area contributed by atoms with E-state index in [1.165, 1.54) is 24.2 Å². The van der Waals surface area contributed by atoms with Gasteiger partial charge in [-0.3, -0.25) is 9.59 Å². The van der Waals surface area contributed by atoms with Crippen LogP contribution in [0.3, 0.4) is 0 Å². The van der Waals surface area contributed by atoms with Crippen molar-refractivity contribution < 1.29 is 9.59 Å². The molecule has 2 saturated heterocycles. The molecule has 3 rings (SSSR count). The van der Waals surface area contributed by atoms with Crippen LogP contribution in [0.15, 0.2) is 17.5 Å².